The number of amides is 2. The minimum absolute atomic E-state index is 0.0413. The second-order valence-electron chi connectivity index (χ2n) is 10.0. The average molecular weight is 528 g/mol. The molecule has 0 aliphatic carbocycles. The summed E-state index contributed by atoms with van der Waals surface area (Å²) in [7, 11) is 0. The normalized spacial score (nSPS) is 15.0. The average Bonchev–Trinajstić information content (AvgIpc) is 3.57. The number of hydrogen-bond acceptors (Lipinski definition) is 7. The van der Waals surface area contributed by atoms with Crippen molar-refractivity contribution in [3.05, 3.63) is 47.4 Å². The highest BCUT2D eigenvalue weighted by atomic mass is 16.7. The van der Waals surface area contributed by atoms with Gasteiger partial charge in [0.2, 0.25) is 18.6 Å². The summed E-state index contributed by atoms with van der Waals surface area (Å²) in [5.74, 6) is 2.82. The number of hydrogen-bond donors (Lipinski definition) is 0. The van der Waals surface area contributed by atoms with E-state index >= 15 is 0 Å². The summed E-state index contributed by atoms with van der Waals surface area (Å²) < 4.78 is 22.2. The zero-order valence-corrected chi connectivity index (χ0v) is 22.8. The first kappa shape index (κ1) is 28.0. The number of nitrogens with zero attached hydrogens (tertiary/aromatic N) is 3. The van der Waals surface area contributed by atoms with Crippen molar-refractivity contribution in [3.8, 4) is 11.5 Å². The Morgan fingerprint density at radius 1 is 0.921 bits per heavy atom. The molecule has 0 radical (unpaired) electrons. The molecule has 0 spiro atoms. The number of benzene rings is 1. The van der Waals surface area contributed by atoms with Gasteiger partial charge >= 0.3 is 0 Å². The van der Waals surface area contributed by atoms with Gasteiger partial charge in [0.05, 0.1) is 26.3 Å². The molecule has 1 aromatic carbocycles. The van der Waals surface area contributed by atoms with Gasteiger partial charge in [-0.2, -0.15) is 0 Å². The molecular weight excluding hydrogens is 486 g/mol. The Morgan fingerprint density at radius 3 is 2.50 bits per heavy atom. The molecule has 2 aliphatic rings. The van der Waals surface area contributed by atoms with Crippen molar-refractivity contribution in [2.24, 2.45) is 0 Å². The quantitative estimate of drug-likeness (QED) is 0.344. The number of morpholine rings is 1. The Hall–Kier alpha value is -3.04. The lowest BCUT2D eigenvalue weighted by Gasteiger charge is -2.31. The van der Waals surface area contributed by atoms with Crippen LogP contribution in [0.15, 0.2) is 34.7 Å². The number of carbonyl (C=O) groups excluding carboxylic acids is 2. The maximum Gasteiger partial charge on any atom is 0.242 e. The van der Waals surface area contributed by atoms with Crippen molar-refractivity contribution in [1.29, 1.82) is 0 Å². The second kappa shape index (κ2) is 14.2. The summed E-state index contributed by atoms with van der Waals surface area (Å²) in [6.45, 7) is 9.34. The lowest BCUT2D eigenvalue weighted by molar-refractivity contribution is -0.141. The van der Waals surface area contributed by atoms with Crippen molar-refractivity contribution in [3.63, 3.8) is 0 Å². The van der Waals surface area contributed by atoms with E-state index in [9.17, 15) is 9.59 Å². The maximum atomic E-state index is 13.7. The van der Waals surface area contributed by atoms with Crippen LogP contribution in [0.3, 0.4) is 0 Å². The topological polar surface area (TPSA) is 84.7 Å². The molecule has 1 saturated heterocycles. The number of rotatable bonds is 14. The fourth-order valence-electron chi connectivity index (χ4n) is 4.75. The van der Waals surface area contributed by atoms with Gasteiger partial charge in [0.1, 0.15) is 11.5 Å². The van der Waals surface area contributed by atoms with Gasteiger partial charge in [0.15, 0.2) is 11.5 Å². The van der Waals surface area contributed by atoms with E-state index in [4.69, 9.17) is 18.6 Å². The fraction of sp³-hybridized carbons (Fsp3) is 0.586. The number of unbranched alkanes of at least 4 members (excludes halogenated alkanes) is 3. The minimum atomic E-state index is -0.111. The van der Waals surface area contributed by atoms with Crippen LogP contribution in [0.4, 0.5) is 0 Å². The highest BCUT2D eigenvalue weighted by molar-refractivity contribution is 5.85. The third-order valence-electron chi connectivity index (χ3n) is 7.02. The molecule has 1 fully saturated rings. The van der Waals surface area contributed by atoms with Crippen molar-refractivity contribution < 1.29 is 28.2 Å². The lowest BCUT2D eigenvalue weighted by atomic mass is 10.1. The Kier molecular flexibility index (Phi) is 10.5. The van der Waals surface area contributed by atoms with Crippen LogP contribution in [-0.2, 0) is 27.4 Å². The summed E-state index contributed by atoms with van der Waals surface area (Å²) in [6, 6.07) is 9.50. The number of ether oxygens (including phenoxy) is 3. The molecule has 0 bridgehead atoms. The molecule has 0 atom stereocenters. The first-order chi connectivity index (χ1) is 18.5. The van der Waals surface area contributed by atoms with Gasteiger partial charge in [-0.05, 0) is 43.2 Å². The molecule has 38 heavy (non-hydrogen) atoms. The van der Waals surface area contributed by atoms with Crippen LogP contribution in [0.2, 0.25) is 0 Å². The lowest BCUT2D eigenvalue weighted by Crippen LogP contribution is -2.47. The van der Waals surface area contributed by atoms with Crippen LogP contribution in [0, 0.1) is 6.92 Å². The summed E-state index contributed by atoms with van der Waals surface area (Å²) in [6.07, 6.45) is 4.58. The van der Waals surface area contributed by atoms with Crippen LogP contribution in [0.5, 0.6) is 11.5 Å². The van der Waals surface area contributed by atoms with Crippen LogP contribution in [0.1, 0.15) is 56.1 Å². The first-order valence-electron chi connectivity index (χ1n) is 13.8. The SMILES string of the molecule is CCCCCCC(=O)N(CCN1CCOCC1)CC(=O)N(Cc1ccc2c(c1)OCO2)Cc1ccc(C)o1. The Labute approximate surface area is 225 Å². The van der Waals surface area contributed by atoms with E-state index in [0.29, 0.717) is 56.5 Å². The van der Waals surface area contributed by atoms with Gasteiger partial charge in [-0.25, -0.2) is 0 Å². The Morgan fingerprint density at radius 2 is 1.74 bits per heavy atom. The molecule has 2 aromatic rings. The van der Waals surface area contributed by atoms with Gasteiger partial charge in [-0.3, -0.25) is 14.5 Å². The van der Waals surface area contributed by atoms with Gasteiger partial charge < -0.3 is 28.4 Å². The zero-order chi connectivity index (χ0) is 26.7. The first-order valence-corrected chi connectivity index (χ1v) is 13.8. The number of furan rings is 1. The van der Waals surface area contributed by atoms with Crippen molar-refractivity contribution in [2.45, 2.75) is 59.0 Å². The molecule has 4 rings (SSSR count). The maximum absolute atomic E-state index is 13.7. The predicted molar refractivity (Wildman–Crippen MR) is 143 cm³/mol. The molecule has 9 nitrogen and oxygen atoms in total. The van der Waals surface area contributed by atoms with Crippen molar-refractivity contribution in [1.82, 2.24) is 14.7 Å². The zero-order valence-electron chi connectivity index (χ0n) is 22.8. The van der Waals surface area contributed by atoms with E-state index in [1.165, 1.54) is 0 Å². The van der Waals surface area contributed by atoms with Gasteiger partial charge in [0.25, 0.3) is 0 Å². The van der Waals surface area contributed by atoms with E-state index in [1.807, 2.05) is 37.3 Å². The van der Waals surface area contributed by atoms with E-state index in [0.717, 1.165) is 56.6 Å². The Bertz CT molecular complexity index is 1050. The van der Waals surface area contributed by atoms with E-state index in [-0.39, 0.29) is 25.2 Å². The molecule has 3 heterocycles. The largest absolute Gasteiger partial charge is 0.464 e. The summed E-state index contributed by atoms with van der Waals surface area (Å²) in [5.41, 5.74) is 0.927. The van der Waals surface area contributed by atoms with Crippen molar-refractivity contribution >= 4 is 11.8 Å². The van der Waals surface area contributed by atoms with E-state index in [1.54, 1.807) is 9.80 Å². The molecule has 9 heteroatoms. The summed E-state index contributed by atoms with van der Waals surface area (Å²) in [4.78, 5) is 32.8. The molecular formula is C29H41N3O6. The number of carbonyl (C=O) groups is 2. The molecule has 0 saturated carbocycles. The molecule has 2 amide bonds. The Balaban J connectivity index is 1.45. The van der Waals surface area contributed by atoms with E-state index in [2.05, 4.69) is 11.8 Å². The van der Waals surface area contributed by atoms with E-state index < -0.39 is 0 Å². The molecule has 2 aliphatic heterocycles. The fourth-order valence-corrected chi connectivity index (χ4v) is 4.75. The molecule has 0 N–H and O–H groups in total. The van der Waals surface area contributed by atoms with Crippen LogP contribution < -0.4 is 9.47 Å². The standard InChI is InChI=1S/C29H41N3O6/c1-3-4-5-6-7-28(33)31(13-12-30-14-16-35-17-15-30)21-29(34)32(20-25-10-8-23(2)38-25)19-24-9-11-26-27(18-24)37-22-36-26/h8-11,18H,3-7,12-17,19-22H2,1-2H3. The third-order valence-corrected chi connectivity index (χ3v) is 7.02. The number of aryl methyl sites for hydroxylation is 1. The van der Waals surface area contributed by atoms with Crippen LogP contribution in [0.25, 0.3) is 0 Å². The monoisotopic (exact) mass is 527 g/mol. The highest BCUT2D eigenvalue weighted by Crippen LogP contribution is 2.33. The smallest absolute Gasteiger partial charge is 0.242 e. The summed E-state index contributed by atoms with van der Waals surface area (Å²) >= 11 is 0. The molecule has 0 unspecified atom stereocenters. The molecule has 1 aromatic heterocycles. The van der Waals surface area contributed by atoms with Crippen molar-refractivity contribution in [2.75, 3.05) is 52.7 Å². The van der Waals surface area contributed by atoms with Gasteiger partial charge in [-0.1, -0.05) is 32.3 Å². The van der Waals surface area contributed by atoms with Gasteiger partial charge in [0, 0.05) is 39.1 Å². The third kappa shape index (κ3) is 8.23. The highest BCUT2D eigenvalue weighted by Gasteiger charge is 2.24. The second-order valence-corrected chi connectivity index (χ2v) is 10.0. The van der Waals surface area contributed by atoms with Crippen LogP contribution in [-0.4, -0.2) is 79.2 Å². The van der Waals surface area contributed by atoms with Crippen LogP contribution >= 0.6 is 0 Å². The number of fused-ring (bicyclic) bond motifs is 1. The summed E-state index contributed by atoms with van der Waals surface area (Å²) in [5, 5.41) is 0. The molecule has 208 valence electrons. The van der Waals surface area contributed by atoms with Gasteiger partial charge in [-0.15, -0.1) is 0 Å². The minimum Gasteiger partial charge on any atom is -0.464 e. The predicted octanol–water partition coefficient (Wildman–Crippen LogP) is 3.98.